The smallest absolute Gasteiger partial charge is 0.321 e. The molecule has 104 valence electrons. The number of carbonyl (C=O) groups excluding carboxylic acids is 2. The van der Waals surface area contributed by atoms with Gasteiger partial charge in [0.05, 0.1) is 6.54 Å². The second-order valence-corrected chi connectivity index (χ2v) is 5.03. The lowest BCUT2D eigenvalue weighted by Crippen LogP contribution is -2.51. The zero-order valence-corrected chi connectivity index (χ0v) is 11.2. The van der Waals surface area contributed by atoms with E-state index in [2.05, 4.69) is 15.5 Å². The van der Waals surface area contributed by atoms with Gasteiger partial charge in [-0.1, -0.05) is 6.42 Å². The Hall–Kier alpha value is -1.14. The number of nitrogens with two attached hydrogens (primary N) is 1. The normalized spacial score (nSPS) is 20.8. The highest BCUT2D eigenvalue weighted by Crippen LogP contribution is 2.15. The van der Waals surface area contributed by atoms with Crippen LogP contribution in [0.1, 0.15) is 33.1 Å². The number of imide groups is 1. The summed E-state index contributed by atoms with van der Waals surface area (Å²) in [6, 6.07) is -0.154. The van der Waals surface area contributed by atoms with E-state index < -0.39 is 6.03 Å². The Kier molecular flexibility index (Phi) is 6.07. The average Bonchev–Trinajstić information content (AvgIpc) is 2.28. The van der Waals surface area contributed by atoms with E-state index in [0.717, 1.165) is 25.8 Å². The van der Waals surface area contributed by atoms with Crippen molar-refractivity contribution in [2.45, 2.75) is 45.2 Å². The van der Waals surface area contributed by atoms with E-state index >= 15 is 0 Å². The van der Waals surface area contributed by atoms with Gasteiger partial charge in [-0.15, -0.1) is 0 Å². The first kappa shape index (κ1) is 14.9. The minimum absolute atomic E-state index is 0.0181. The molecule has 1 rings (SSSR count). The van der Waals surface area contributed by atoms with E-state index in [1.165, 1.54) is 0 Å². The molecule has 0 spiro atoms. The van der Waals surface area contributed by atoms with E-state index in [0.29, 0.717) is 6.54 Å². The Morgan fingerprint density at radius 3 is 2.72 bits per heavy atom. The maximum atomic E-state index is 11.7. The van der Waals surface area contributed by atoms with Gasteiger partial charge in [0.15, 0.2) is 0 Å². The van der Waals surface area contributed by atoms with Gasteiger partial charge in [-0.25, -0.2) is 4.79 Å². The molecule has 0 aromatic rings. The molecule has 4 N–H and O–H groups in total. The lowest BCUT2D eigenvalue weighted by Gasteiger charge is -2.34. The molecule has 1 fully saturated rings. The van der Waals surface area contributed by atoms with Crippen molar-refractivity contribution >= 4 is 11.9 Å². The quantitative estimate of drug-likeness (QED) is 0.662. The number of likely N-dealkylation sites (tertiary alicyclic amines) is 1. The molecule has 1 aliphatic heterocycles. The number of carbonyl (C=O) groups is 2. The molecular weight excluding hydrogens is 232 g/mol. The molecule has 18 heavy (non-hydrogen) atoms. The van der Waals surface area contributed by atoms with E-state index in [1.807, 2.05) is 13.8 Å². The summed E-state index contributed by atoms with van der Waals surface area (Å²) in [5.74, 6) is -0.270. The van der Waals surface area contributed by atoms with Crippen molar-refractivity contribution in [1.82, 2.24) is 15.5 Å². The molecule has 1 atom stereocenters. The fourth-order valence-electron chi connectivity index (χ4n) is 2.18. The summed E-state index contributed by atoms with van der Waals surface area (Å²) >= 11 is 0. The minimum atomic E-state index is -0.434. The molecule has 0 bridgehead atoms. The molecule has 6 nitrogen and oxygen atoms in total. The third-order valence-corrected chi connectivity index (χ3v) is 3.04. The molecule has 0 aromatic heterocycles. The molecule has 1 unspecified atom stereocenters. The first-order chi connectivity index (χ1) is 8.52. The molecule has 1 saturated heterocycles. The summed E-state index contributed by atoms with van der Waals surface area (Å²) in [4.78, 5) is 25.1. The summed E-state index contributed by atoms with van der Waals surface area (Å²) < 4.78 is 0. The van der Waals surface area contributed by atoms with E-state index in [-0.39, 0.29) is 24.5 Å². The van der Waals surface area contributed by atoms with Crippen LogP contribution >= 0.6 is 0 Å². The van der Waals surface area contributed by atoms with Crippen molar-refractivity contribution in [3.05, 3.63) is 0 Å². The number of urea groups is 1. The van der Waals surface area contributed by atoms with Crippen LogP contribution in [0.3, 0.4) is 0 Å². The fourth-order valence-corrected chi connectivity index (χ4v) is 2.18. The number of hydrogen-bond donors (Lipinski definition) is 3. The topological polar surface area (TPSA) is 87.5 Å². The second kappa shape index (κ2) is 7.33. The van der Waals surface area contributed by atoms with Crippen LogP contribution in [-0.4, -0.2) is 48.6 Å². The second-order valence-electron chi connectivity index (χ2n) is 5.03. The van der Waals surface area contributed by atoms with Crippen molar-refractivity contribution in [1.29, 1.82) is 0 Å². The van der Waals surface area contributed by atoms with Crippen LogP contribution < -0.4 is 16.4 Å². The van der Waals surface area contributed by atoms with Crippen molar-refractivity contribution in [2.75, 3.05) is 19.6 Å². The number of amides is 3. The first-order valence-corrected chi connectivity index (χ1v) is 6.57. The van der Waals surface area contributed by atoms with Crippen LogP contribution in [0, 0.1) is 0 Å². The summed E-state index contributed by atoms with van der Waals surface area (Å²) in [5, 5.41) is 4.95. The van der Waals surface area contributed by atoms with Crippen molar-refractivity contribution in [3.63, 3.8) is 0 Å². The predicted molar refractivity (Wildman–Crippen MR) is 70.1 cm³/mol. The number of piperidine rings is 1. The maximum Gasteiger partial charge on any atom is 0.321 e. The zero-order valence-electron chi connectivity index (χ0n) is 11.2. The van der Waals surface area contributed by atoms with Crippen LogP contribution in [0.5, 0.6) is 0 Å². The number of nitrogens with zero attached hydrogens (tertiary/aromatic N) is 1. The maximum absolute atomic E-state index is 11.7. The highest BCUT2D eigenvalue weighted by molar-refractivity contribution is 5.95. The SMILES string of the molecule is CC(C)NC(=O)NC(=O)CN1CCCCC1CN. The molecule has 1 heterocycles. The van der Waals surface area contributed by atoms with Gasteiger partial charge in [0, 0.05) is 18.6 Å². The molecule has 0 radical (unpaired) electrons. The van der Waals surface area contributed by atoms with Gasteiger partial charge >= 0.3 is 6.03 Å². The van der Waals surface area contributed by atoms with E-state index in [4.69, 9.17) is 5.73 Å². The monoisotopic (exact) mass is 256 g/mol. The highest BCUT2D eigenvalue weighted by Gasteiger charge is 2.23. The van der Waals surface area contributed by atoms with Gasteiger partial charge in [0.25, 0.3) is 0 Å². The summed E-state index contributed by atoms with van der Waals surface area (Å²) in [7, 11) is 0. The van der Waals surface area contributed by atoms with Crippen LogP contribution in [0.25, 0.3) is 0 Å². The fraction of sp³-hybridized carbons (Fsp3) is 0.833. The van der Waals surface area contributed by atoms with Crippen LogP contribution in [0.15, 0.2) is 0 Å². The summed E-state index contributed by atoms with van der Waals surface area (Å²) in [6.45, 7) is 5.37. The number of nitrogens with one attached hydrogen (secondary N) is 2. The van der Waals surface area contributed by atoms with Crippen molar-refractivity contribution in [2.24, 2.45) is 5.73 Å². The molecule has 0 aromatic carbocycles. The Morgan fingerprint density at radius 2 is 2.11 bits per heavy atom. The predicted octanol–water partition coefficient (Wildman–Crippen LogP) is 0.0338. The van der Waals surface area contributed by atoms with Gasteiger partial charge in [-0.05, 0) is 33.2 Å². The average molecular weight is 256 g/mol. The van der Waals surface area contributed by atoms with Gasteiger partial charge < -0.3 is 11.1 Å². The molecule has 3 amide bonds. The summed E-state index contributed by atoms with van der Waals surface area (Å²) in [6.07, 6.45) is 3.28. The third-order valence-electron chi connectivity index (χ3n) is 3.04. The minimum Gasteiger partial charge on any atom is -0.336 e. The molecule has 6 heteroatoms. The van der Waals surface area contributed by atoms with Gasteiger partial charge in [0.2, 0.25) is 5.91 Å². The lowest BCUT2D eigenvalue weighted by molar-refractivity contribution is -0.122. The van der Waals surface area contributed by atoms with Crippen LogP contribution in [0.2, 0.25) is 0 Å². The molecule has 1 aliphatic rings. The van der Waals surface area contributed by atoms with Crippen molar-refractivity contribution in [3.8, 4) is 0 Å². The molecule has 0 aliphatic carbocycles. The third kappa shape index (κ3) is 5.01. The highest BCUT2D eigenvalue weighted by atomic mass is 16.2. The Morgan fingerprint density at radius 1 is 1.39 bits per heavy atom. The number of hydrogen-bond acceptors (Lipinski definition) is 4. The van der Waals surface area contributed by atoms with Gasteiger partial charge in [-0.3, -0.25) is 15.0 Å². The largest absolute Gasteiger partial charge is 0.336 e. The standard InChI is InChI=1S/C12H24N4O2/c1-9(2)14-12(18)15-11(17)8-16-6-4-3-5-10(16)7-13/h9-10H,3-8,13H2,1-2H3,(H2,14,15,17,18). The first-order valence-electron chi connectivity index (χ1n) is 6.57. The lowest BCUT2D eigenvalue weighted by atomic mass is 10.0. The van der Waals surface area contributed by atoms with Crippen LogP contribution in [0.4, 0.5) is 4.79 Å². The Balaban J connectivity index is 2.36. The Bertz CT molecular complexity index is 294. The van der Waals surface area contributed by atoms with Crippen LogP contribution in [-0.2, 0) is 4.79 Å². The molecular formula is C12H24N4O2. The van der Waals surface area contributed by atoms with E-state index in [9.17, 15) is 9.59 Å². The van der Waals surface area contributed by atoms with E-state index in [1.54, 1.807) is 0 Å². The summed E-state index contributed by atoms with van der Waals surface area (Å²) in [5.41, 5.74) is 5.68. The van der Waals surface area contributed by atoms with Gasteiger partial charge in [-0.2, -0.15) is 0 Å². The zero-order chi connectivity index (χ0) is 13.5. The molecule has 0 saturated carbocycles. The number of rotatable bonds is 4. The Labute approximate surface area is 108 Å². The van der Waals surface area contributed by atoms with Crippen molar-refractivity contribution < 1.29 is 9.59 Å². The van der Waals surface area contributed by atoms with Gasteiger partial charge in [0.1, 0.15) is 0 Å².